The Morgan fingerprint density at radius 1 is 1.02 bits per heavy atom. The maximum absolute atomic E-state index is 13.8. The molecule has 0 radical (unpaired) electrons. The van der Waals surface area contributed by atoms with Gasteiger partial charge in [-0.05, 0) is 54.1 Å². The van der Waals surface area contributed by atoms with Crippen molar-refractivity contribution in [2.75, 3.05) is 25.1 Å². The summed E-state index contributed by atoms with van der Waals surface area (Å²) >= 11 is 1.39. The first-order chi connectivity index (χ1) is 19.4. The number of fused-ring (bicyclic) bond motifs is 1. The minimum Gasteiger partial charge on any atom is -0.497 e. The van der Waals surface area contributed by atoms with E-state index < -0.39 is 10.0 Å². The van der Waals surface area contributed by atoms with Crippen LogP contribution in [0.5, 0.6) is 5.75 Å². The number of amides is 1. The highest BCUT2D eigenvalue weighted by Crippen LogP contribution is 2.32. The Morgan fingerprint density at radius 3 is 2.48 bits per heavy atom. The second-order valence-electron chi connectivity index (χ2n) is 9.00. The Morgan fingerprint density at radius 2 is 1.80 bits per heavy atom. The summed E-state index contributed by atoms with van der Waals surface area (Å²) in [6.45, 7) is 3.20. The Hall–Kier alpha value is -4.06. The molecule has 9 nitrogen and oxygen atoms in total. The van der Waals surface area contributed by atoms with Crippen LogP contribution in [-0.4, -0.2) is 53.6 Å². The predicted molar refractivity (Wildman–Crippen MR) is 156 cm³/mol. The number of hydrogen-bond donors (Lipinski definition) is 0. The highest BCUT2D eigenvalue weighted by molar-refractivity contribution is 7.89. The van der Waals surface area contributed by atoms with Crippen LogP contribution in [0.4, 0.5) is 5.13 Å². The molecule has 1 amide bonds. The van der Waals surface area contributed by atoms with Crippen LogP contribution in [0.2, 0.25) is 0 Å². The average Bonchev–Trinajstić information content (AvgIpc) is 3.66. The number of anilines is 1. The van der Waals surface area contributed by atoms with E-state index in [0.717, 1.165) is 15.8 Å². The zero-order valence-electron chi connectivity index (χ0n) is 22.2. The van der Waals surface area contributed by atoms with Crippen molar-refractivity contribution < 1.29 is 17.9 Å². The number of carbonyl (C=O) groups is 1. The highest BCUT2D eigenvalue weighted by atomic mass is 32.2. The minimum atomic E-state index is -3.75. The fourth-order valence-corrected chi connectivity index (χ4v) is 6.74. The van der Waals surface area contributed by atoms with Gasteiger partial charge in [0.1, 0.15) is 5.75 Å². The predicted octanol–water partition coefficient (Wildman–Crippen LogP) is 5.06. The molecule has 0 saturated carbocycles. The standard InChI is InChI=1S/C29H29N5O4S2/c1-3-33(21-22-8-5-4-6-9-22)40(36,37)25-13-10-23(11-14-25)28(35)34(19-18-32-17-7-16-30-32)29-31-26-15-12-24(38-2)20-27(26)39-29/h4-17,20H,3,18-19,21H2,1-2H3. The van der Waals surface area contributed by atoms with Gasteiger partial charge in [0, 0.05) is 37.6 Å². The van der Waals surface area contributed by atoms with E-state index in [1.165, 1.54) is 27.8 Å². The van der Waals surface area contributed by atoms with Gasteiger partial charge in [-0.2, -0.15) is 9.40 Å². The fourth-order valence-electron chi connectivity index (χ4n) is 4.28. The smallest absolute Gasteiger partial charge is 0.260 e. The maximum atomic E-state index is 13.8. The van der Waals surface area contributed by atoms with Crippen LogP contribution in [-0.2, 0) is 23.1 Å². The summed E-state index contributed by atoms with van der Waals surface area (Å²) < 4.78 is 36.2. The van der Waals surface area contributed by atoms with Gasteiger partial charge in [-0.3, -0.25) is 14.4 Å². The number of benzene rings is 3. The average molecular weight is 576 g/mol. The molecule has 2 heterocycles. The van der Waals surface area contributed by atoms with Crippen molar-refractivity contribution >= 4 is 42.6 Å². The molecule has 0 aliphatic heterocycles. The van der Waals surface area contributed by atoms with Gasteiger partial charge in [0.15, 0.2) is 5.13 Å². The van der Waals surface area contributed by atoms with Gasteiger partial charge < -0.3 is 4.74 Å². The number of methoxy groups -OCH3 is 1. The summed E-state index contributed by atoms with van der Waals surface area (Å²) in [6.07, 6.45) is 3.52. The number of aromatic nitrogens is 3. The third-order valence-electron chi connectivity index (χ3n) is 6.47. The summed E-state index contributed by atoms with van der Waals surface area (Å²) in [6, 6.07) is 23.0. The second-order valence-corrected chi connectivity index (χ2v) is 11.9. The van der Waals surface area contributed by atoms with E-state index in [4.69, 9.17) is 9.72 Å². The molecule has 3 aromatic carbocycles. The lowest BCUT2D eigenvalue weighted by atomic mass is 10.2. The maximum Gasteiger partial charge on any atom is 0.260 e. The number of hydrogen-bond acceptors (Lipinski definition) is 7. The number of thiazole rings is 1. The molecular weight excluding hydrogens is 546 g/mol. The molecule has 0 aliphatic carbocycles. The van der Waals surface area contributed by atoms with Crippen LogP contribution in [0.3, 0.4) is 0 Å². The number of rotatable bonds is 11. The van der Waals surface area contributed by atoms with E-state index in [1.54, 1.807) is 35.0 Å². The molecule has 5 aromatic rings. The molecule has 0 saturated heterocycles. The van der Waals surface area contributed by atoms with Crippen LogP contribution in [0.1, 0.15) is 22.8 Å². The van der Waals surface area contributed by atoms with Crippen molar-refractivity contribution in [3.8, 4) is 5.75 Å². The lowest BCUT2D eigenvalue weighted by molar-refractivity contribution is 0.0985. The van der Waals surface area contributed by atoms with Crippen LogP contribution in [0.15, 0.2) is 96.2 Å². The summed E-state index contributed by atoms with van der Waals surface area (Å²) in [5.74, 6) is 0.432. The molecule has 0 spiro atoms. The summed E-state index contributed by atoms with van der Waals surface area (Å²) in [7, 11) is -2.15. The Kier molecular flexibility index (Phi) is 8.24. The molecular formula is C29H29N5O4S2. The molecule has 0 N–H and O–H groups in total. The van der Waals surface area contributed by atoms with E-state index in [-0.39, 0.29) is 17.3 Å². The largest absolute Gasteiger partial charge is 0.497 e. The SMILES string of the molecule is CCN(Cc1ccccc1)S(=O)(=O)c1ccc(C(=O)N(CCn2cccn2)c2nc3ccc(OC)cc3s2)cc1. The Bertz CT molecular complexity index is 1690. The lowest BCUT2D eigenvalue weighted by Crippen LogP contribution is -2.34. The van der Waals surface area contributed by atoms with Crippen molar-refractivity contribution in [3.63, 3.8) is 0 Å². The van der Waals surface area contributed by atoms with Gasteiger partial charge in [-0.25, -0.2) is 13.4 Å². The topological polar surface area (TPSA) is 97.6 Å². The van der Waals surface area contributed by atoms with Crippen molar-refractivity contribution in [1.82, 2.24) is 19.1 Å². The molecule has 0 atom stereocenters. The van der Waals surface area contributed by atoms with Gasteiger partial charge in [0.05, 0.1) is 28.8 Å². The first-order valence-electron chi connectivity index (χ1n) is 12.8. The van der Waals surface area contributed by atoms with Crippen molar-refractivity contribution in [3.05, 3.63) is 102 Å². The van der Waals surface area contributed by atoms with E-state index in [0.29, 0.717) is 36.1 Å². The zero-order valence-corrected chi connectivity index (χ0v) is 23.8. The minimum absolute atomic E-state index is 0.136. The third-order valence-corrected chi connectivity index (χ3v) is 9.44. The monoisotopic (exact) mass is 575 g/mol. The van der Waals surface area contributed by atoms with E-state index >= 15 is 0 Å². The van der Waals surface area contributed by atoms with Crippen LogP contribution >= 0.6 is 11.3 Å². The second kappa shape index (κ2) is 12.0. The molecule has 0 unspecified atom stereocenters. The molecule has 5 rings (SSSR count). The fraction of sp³-hybridized carbons (Fsp3) is 0.207. The summed E-state index contributed by atoms with van der Waals surface area (Å²) in [5.41, 5.74) is 2.03. The highest BCUT2D eigenvalue weighted by Gasteiger charge is 2.25. The van der Waals surface area contributed by atoms with Gasteiger partial charge in [0.2, 0.25) is 10.0 Å². The number of sulfonamides is 1. The molecule has 0 bridgehead atoms. The molecule has 0 fully saturated rings. The van der Waals surface area contributed by atoms with Gasteiger partial charge in [0.25, 0.3) is 5.91 Å². The first kappa shape index (κ1) is 27.5. The van der Waals surface area contributed by atoms with Gasteiger partial charge in [-0.1, -0.05) is 48.6 Å². The normalized spacial score (nSPS) is 11.7. The third kappa shape index (κ3) is 5.91. The van der Waals surface area contributed by atoms with Crippen molar-refractivity contribution in [1.29, 1.82) is 0 Å². The van der Waals surface area contributed by atoms with Gasteiger partial charge in [-0.15, -0.1) is 0 Å². The molecule has 0 aliphatic rings. The zero-order chi connectivity index (χ0) is 28.1. The van der Waals surface area contributed by atoms with E-state index in [2.05, 4.69) is 5.10 Å². The van der Waals surface area contributed by atoms with Crippen molar-refractivity contribution in [2.45, 2.75) is 24.9 Å². The first-order valence-corrected chi connectivity index (χ1v) is 15.0. The van der Waals surface area contributed by atoms with E-state index in [1.807, 2.05) is 67.7 Å². The number of carbonyl (C=O) groups excluding carboxylic acids is 1. The molecule has 11 heteroatoms. The summed E-state index contributed by atoms with van der Waals surface area (Å²) in [5, 5.41) is 4.79. The van der Waals surface area contributed by atoms with Crippen molar-refractivity contribution in [2.24, 2.45) is 0 Å². The number of ether oxygens (including phenoxy) is 1. The van der Waals surface area contributed by atoms with E-state index in [9.17, 15) is 13.2 Å². The molecule has 2 aromatic heterocycles. The van der Waals surface area contributed by atoms with Gasteiger partial charge >= 0.3 is 0 Å². The molecule has 40 heavy (non-hydrogen) atoms. The van der Waals surface area contributed by atoms with Crippen LogP contribution in [0.25, 0.3) is 10.2 Å². The Labute approximate surface area is 237 Å². The Balaban J connectivity index is 1.41. The molecule has 206 valence electrons. The lowest BCUT2D eigenvalue weighted by Gasteiger charge is -2.22. The quantitative estimate of drug-likeness (QED) is 0.218. The number of nitrogens with zero attached hydrogens (tertiary/aromatic N) is 5. The van der Waals surface area contributed by atoms with Crippen LogP contribution in [0, 0.1) is 0 Å². The van der Waals surface area contributed by atoms with Crippen LogP contribution < -0.4 is 9.64 Å². The summed E-state index contributed by atoms with van der Waals surface area (Å²) in [4.78, 5) is 20.2.